The molecule has 37 heavy (non-hydrogen) atoms. The molecule has 0 radical (unpaired) electrons. The van der Waals surface area contributed by atoms with Crippen molar-refractivity contribution in [1.29, 1.82) is 0 Å². The van der Waals surface area contributed by atoms with Crippen molar-refractivity contribution in [3.63, 3.8) is 0 Å². The molecule has 0 N–H and O–H groups in total. The van der Waals surface area contributed by atoms with Gasteiger partial charge in [-0.25, -0.2) is 8.42 Å². The molecule has 5 rings (SSSR count). The summed E-state index contributed by atoms with van der Waals surface area (Å²) in [6, 6.07) is 10.8. The molecule has 3 heterocycles. The SMILES string of the molecule is CC(C)S(=O)(=O)N1CCN(c2cnn(-c3cccc(Cl)c3)c(=O)c2OC2CCCc3ncccc32)CC1. The first-order valence-corrected chi connectivity index (χ1v) is 14.4. The Balaban J connectivity index is 1.52. The minimum absolute atomic E-state index is 0.192. The van der Waals surface area contributed by atoms with Crippen LogP contribution in [0, 0.1) is 0 Å². The molecule has 11 heteroatoms. The zero-order valence-electron chi connectivity index (χ0n) is 20.9. The minimum atomic E-state index is -3.35. The Morgan fingerprint density at radius 3 is 2.62 bits per heavy atom. The third-order valence-electron chi connectivity index (χ3n) is 6.91. The highest BCUT2D eigenvalue weighted by molar-refractivity contribution is 7.89. The first kappa shape index (κ1) is 25.7. The second kappa shape index (κ2) is 10.4. The topological polar surface area (TPSA) is 97.6 Å². The minimum Gasteiger partial charge on any atom is -0.478 e. The van der Waals surface area contributed by atoms with Crippen molar-refractivity contribution in [1.82, 2.24) is 19.1 Å². The number of rotatable bonds is 6. The van der Waals surface area contributed by atoms with E-state index in [0.29, 0.717) is 42.6 Å². The lowest BCUT2D eigenvalue weighted by molar-refractivity contribution is 0.178. The fraction of sp³-hybridized carbons (Fsp3) is 0.423. The van der Waals surface area contributed by atoms with Gasteiger partial charge < -0.3 is 9.64 Å². The van der Waals surface area contributed by atoms with Gasteiger partial charge in [0.15, 0.2) is 0 Å². The molecule has 0 amide bonds. The predicted molar refractivity (Wildman–Crippen MR) is 143 cm³/mol. The number of nitrogens with zero attached hydrogens (tertiary/aromatic N) is 5. The van der Waals surface area contributed by atoms with Gasteiger partial charge in [0.2, 0.25) is 15.8 Å². The molecule has 1 fully saturated rings. The second-order valence-corrected chi connectivity index (χ2v) is 12.5. The number of hydrogen-bond acceptors (Lipinski definition) is 7. The standard InChI is InChI=1S/C26H30ClN5O4S/c1-18(2)37(34,35)31-14-12-30(13-15-31)23-17-29-32(20-7-3-6-19(27)16-20)26(33)25(23)36-24-10-4-9-22-21(24)8-5-11-28-22/h3,5-8,11,16-18,24H,4,9-10,12-15H2,1-2H3. The van der Waals surface area contributed by atoms with E-state index in [1.807, 2.05) is 17.0 Å². The highest BCUT2D eigenvalue weighted by atomic mass is 35.5. The van der Waals surface area contributed by atoms with Crippen LogP contribution in [-0.2, 0) is 16.4 Å². The van der Waals surface area contributed by atoms with Crippen LogP contribution >= 0.6 is 11.6 Å². The Morgan fingerprint density at radius 2 is 1.89 bits per heavy atom. The lowest BCUT2D eigenvalue weighted by Crippen LogP contribution is -2.50. The third-order valence-corrected chi connectivity index (χ3v) is 9.43. The highest BCUT2D eigenvalue weighted by Crippen LogP contribution is 2.35. The molecular formula is C26H30ClN5O4S. The van der Waals surface area contributed by atoms with Crippen LogP contribution in [0.15, 0.2) is 53.6 Å². The molecular weight excluding hydrogens is 514 g/mol. The lowest BCUT2D eigenvalue weighted by atomic mass is 9.93. The van der Waals surface area contributed by atoms with E-state index < -0.39 is 20.8 Å². The van der Waals surface area contributed by atoms with Gasteiger partial charge in [-0.1, -0.05) is 23.7 Å². The maximum atomic E-state index is 13.8. The summed E-state index contributed by atoms with van der Waals surface area (Å²) >= 11 is 6.18. The van der Waals surface area contributed by atoms with Crippen molar-refractivity contribution < 1.29 is 13.2 Å². The van der Waals surface area contributed by atoms with Gasteiger partial charge in [-0.15, -0.1) is 0 Å². The van der Waals surface area contributed by atoms with Gasteiger partial charge in [-0.05, 0) is 57.4 Å². The highest BCUT2D eigenvalue weighted by Gasteiger charge is 2.32. The van der Waals surface area contributed by atoms with Crippen LogP contribution in [0.5, 0.6) is 5.75 Å². The van der Waals surface area contributed by atoms with E-state index in [2.05, 4.69) is 10.1 Å². The molecule has 196 valence electrons. The van der Waals surface area contributed by atoms with E-state index in [4.69, 9.17) is 16.3 Å². The Kier molecular flexibility index (Phi) is 7.24. The summed E-state index contributed by atoms with van der Waals surface area (Å²) in [6.07, 6.45) is 5.62. The van der Waals surface area contributed by atoms with E-state index in [0.717, 1.165) is 30.5 Å². The van der Waals surface area contributed by atoms with Gasteiger partial charge >= 0.3 is 5.56 Å². The molecule has 9 nitrogen and oxygen atoms in total. The largest absolute Gasteiger partial charge is 0.478 e. The number of halogens is 1. The van der Waals surface area contributed by atoms with Gasteiger partial charge in [0, 0.05) is 48.7 Å². The lowest BCUT2D eigenvalue weighted by Gasteiger charge is -2.37. The van der Waals surface area contributed by atoms with Crippen molar-refractivity contribution in [2.24, 2.45) is 0 Å². The van der Waals surface area contributed by atoms with Crippen molar-refractivity contribution in [2.45, 2.75) is 44.5 Å². The summed E-state index contributed by atoms with van der Waals surface area (Å²) in [6.45, 7) is 4.87. The molecule has 1 aliphatic heterocycles. The van der Waals surface area contributed by atoms with E-state index >= 15 is 0 Å². The Morgan fingerprint density at radius 1 is 1.11 bits per heavy atom. The average Bonchev–Trinajstić information content (AvgIpc) is 2.90. The van der Waals surface area contributed by atoms with Crippen LogP contribution in [0.3, 0.4) is 0 Å². The van der Waals surface area contributed by atoms with Gasteiger partial charge in [-0.2, -0.15) is 14.1 Å². The number of piperazine rings is 1. The molecule has 0 bridgehead atoms. The summed E-state index contributed by atoms with van der Waals surface area (Å²) in [5.41, 5.74) is 2.66. The predicted octanol–water partition coefficient (Wildman–Crippen LogP) is 3.60. The van der Waals surface area contributed by atoms with E-state index in [-0.39, 0.29) is 11.9 Å². The van der Waals surface area contributed by atoms with E-state index in [1.54, 1.807) is 50.5 Å². The van der Waals surface area contributed by atoms with Crippen LogP contribution in [-0.4, -0.2) is 58.9 Å². The molecule has 1 saturated heterocycles. The number of ether oxygens (including phenoxy) is 1. The summed E-state index contributed by atoms with van der Waals surface area (Å²) in [7, 11) is -3.35. The number of fused-ring (bicyclic) bond motifs is 1. The number of hydrogen-bond donors (Lipinski definition) is 0. The normalized spacial score (nSPS) is 18.6. The van der Waals surface area contributed by atoms with Crippen LogP contribution < -0.4 is 15.2 Å². The smallest absolute Gasteiger partial charge is 0.316 e. The number of pyridine rings is 1. The Hall–Kier alpha value is -2.95. The number of benzene rings is 1. The first-order chi connectivity index (χ1) is 17.8. The molecule has 1 atom stereocenters. The fourth-order valence-electron chi connectivity index (χ4n) is 4.87. The molecule has 0 spiro atoms. The number of sulfonamides is 1. The molecule has 0 saturated carbocycles. The molecule has 2 aliphatic rings. The molecule has 3 aromatic rings. The van der Waals surface area contributed by atoms with Crippen molar-refractivity contribution in [2.75, 3.05) is 31.1 Å². The summed E-state index contributed by atoms with van der Waals surface area (Å²) in [4.78, 5) is 20.3. The molecule has 1 aliphatic carbocycles. The maximum Gasteiger partial charge on any atom is 0.316 e. The number of anilines is 1. The second-order valence-electron chi connectivity index (χ2n) is 9.57. The van der Waals surface area contributed by atoms with Crippen molar-refractivity contribution >= 4 is 27.3 Å². The van der Waals surface area contributed by atoms with E-state index in [9.17, 15) is 13.2 Å². The molecule has 1 unspecified atom stereocenters. The Bertz CT molecular complexity index is 1450. The maximum absolute atomic E-state index is 13.8. The van der Waals surface area contributed by atoms with Crippen molar-refractivity contribution in [3.8, 4) is 11.4 Å². The summed E-state index contributed by atoms with van der Waals surface area (Å²) in [5.74, 6) is 0.192. The van der Waals surface area contributed by atoms with Gasteiger partial charge in [0.05, 0.1) is 17.1 Å². The first-order valence-electron chi connectivity index (χ1n) is 12.5. The quantitative estimate of drug-likeness (QED) is 0.468. The van der Waals surface area contributed by atoms with Crippen LogP contribution in [0.2, 0.25) is 5.02 Å². The summed E-state index contributed by atoms with van der Waals surface area (Å²) < 4.78 is 34.6. The Labute approximate surface area is 221 Å². The zero-order valence-corrected chi connectivity index (χ0v) is 22.5. The molecule has 2 aromatic heterocycles. The average molecular weight is 544 g/mol. The summed E-state index contributed by atoms with van der Waals surface area (Å²) in [5, 5.41) is 4.45. The van der Waals surface area contributed by atoms with E-state index in [1.165, 1.54) is 8.99 Å². The van der Waals surface area contributed by atoms with Crippen molar-refractivity contribution in [3.05, 3.63) is 75.4 Å². The van der Waals surface area contributed by atoms with Gasteiger partial charge in [-0.3, -0.25) is 9.78 Å². The number of aromatic nitrogens is 3. The third kappa shape index (κ3) is 5.10. The van der Waals surface area contributed by atoms with Crippen LogP contribution in [0.4, 0.5) is 5.69 Å². The monoisotopic (exact) mass is 543 g/mol. The number of aryl methyl sites for hydroxylation is 1. The van der Waals surface area contributed by atoms with Crippen LogP contribution in [0.1, 0.15) is 44.1 Å². The molecule has 1 aromatic carbocycles. The fourth-order valence-corrected chi connectivity index (χ4v) is 6.32. The zero-order chi connectivity index (χ0) is 26.2. The van der Waals surface area contributed by atoms with Gasteiger partial charge in [0.25, 0.3) is 0 Å². The van der Waals surface area contributed by atoms with Crippen LogP contribution in [0.25, 0.3) is 5.69 Å². The van der Waals surface area contributed by atoms with Gasteiger partial charge in [0.1, 0.15) is 11.8 Å².